The minimum Gasteiger partial charge on any atom is -0.504 e. The van der Waals surface area contributed by atoms with Crippen LogP contribution in [0, 0.1) is 0 Å². The van der Waals surface area contributed by atoms with E-state index in [0.717, 1.165) is 25.3 Å². The maximum absolute atomic E-state index is 13.6. The highest BCUT2D eigenvalue weighted by molar-refractivity contribution is 5.96. The molecule has 1 fully saturated rings. The Bertz CT molecular complexity index is 2230. The second kappa shape index (κ2) is 14.3. The third-order valence-corrected chi connectivity index (χ3v) is 8.64. The SMILES string of the molecule is COc1c(O)cc2c(c1O)[C@@H]1O[C@H](COC(=O)c3cc(O)c(O)c(O)c3)[C@H](OC(=O)c3cc(O)c(O)c(O)c3)[C@@H](OC(=O)c3cc(O)c(O)c(O)c3)[C@H]1OC2=O. The van der Waals surface area contributed by atoms with Gasteiger partial charge in [-0.3, -0.25) is 0 Å². The topological polar surface area (TPSA) is 346 Å². The van der Waals surface area contributed by atoms with Crippen molar-refractivity contribution in [3.05, 3.63) is 70.3 Å². The van der Waals surface area contributed by atoms with Crippen molar-refractivity contribution in [3.63, 3.8) is 0 Å². The predicted octanol–water partition coefficient (Wildman–Crippen LogP) is 1.74. The van der Waals surface area contributed by atoms with Crippen LogP contribution in [0.1, 0.15) is 53.1 Å². The Morgan fingerprint density at radius 3 is 1.46 bits per heavy atom. The van der Waals surface area contributed by atoms with Crippen molar-refractivity contribution in [3.8, 4) is 69.0 Å². The minimum atomic E-state index is -2.08. The first kappa shape index (κ1) is 38.1. The van der Waals surface area contributed by atoms with Crippen LogP contribution in [0.3, 0.4) is 0 Å². The first-order chi connectivity index (χ1) is 26.4. The van der Waals surface area contributed by atoms with Gasteiger partial charge in [0.15, 0.2) is 81.6 Å². The second-order valence-electron chi connectivity index (χ2n) is 12.1. The highest BCUT2D eigenvalue weighted by Crippen LogP contribution is 2.51. The molecule has 0 aromatic heterocycles. The summed E-state index contributed by atoms with van der Waals surface area (Å²) in [5.74, 6) is -16.3. The van der Waals surface area contributed by atoms with E-state index in [9.17, 15) is 75.3 Å². The van der Waals surface area contributed by atoms with E-state index in [1.54, 1.807) is 0 Å². The lowest BCUT2D eigenvalue weighted by Gasteiger charge is -2.46. The fourth-order valence-corrected chi connectivity index (χ4v) is 5.97. The molecule has 11 N–H and O–H groups in total. The molecule has 21 nitrogen and oxygen atoms in total. The molecule has 56 heavy (non-hydrogen) atoms. The van der Waals surface area contributed by atoms with E-state index < -0.39 is 158 Å². The predicted molar refractivity (Wildman–Crippen MR) is 176 cm³/mol. The van der Waals surface area contributed by atoms with Crippen molar-refractivity contribution in [1.29, 1.82) is 0 Å². The van der Waals surface area contributed by atoms with Gasteiger partial charge < -0.3 is 84.6 Å². The van der Waals surface area contributed by atoms with Crippen LogP contribution in [0.5, 0.6) is 69.0 Å². The van der Waals surface area contributed by atoms with Crippen LogP contribution in [-0.4, -0.2) is 118 Å². The summed E-state index contributed by atoms with van der Waals surface area (Å²) in [6, 6.07) is 4.96. The number of ether oxygens (including phenoxy) is 6. The molecule has 0 amide bonds. The molecular weight excluding hydrogens is 756 g/mol. The molecule has 5 atom stereocenters. The molecule has 294 valence electrons. The lowest BCUT2D eigenvalue weighted by molar-refractivity contribution is -0.234. The molecule has 0 bridgehead atoms. The van der Waals surface area contributed by atoms with E-state index >= 15 is 0 Å². The summed E-state index contributed by atoms with van der Waals surface area (Å²) in [7, 11) is 1.06. The van der Waals surface area contributed by atoms with E-state index in [0.29, 0.717) is 24.3 Å². The number of phenols is 11. The van der Waals surface area contributed by atoms with Gasteiger partial charge in [-0.25, -0.2) is 19.2 Å². The molecule has 2 aliphatic heterocycles. The van der Waals surface area contributed by atoms with Crippen LogP contribution in [0.4, 0.5) is 0 Å². The van der Waals surface area contributed by atoms with Gasteiger partial charge >= 0.3 is 23.9 Å². The number of rotatable bonds is 8. The third kappa shape index (κ3) is 6.68. The van der Waals surface area contributed by atoms with Crippen molar-refractivity contribution >= 4 is 23.9 Å². The zero-order valence-electron chi connectivity index (χ0n) is 28.1. The quantitative estimate of drug-likeness (QED) is 0.0688. The summed E-state index contributed by atoms with van der Waals surface area (Å²) >= 11 is 0. The Morgan fingerprint density at radius 2 is 1.02 bits per heavy atom. The van der Waals surface area contributed by atoms with Crippen molar-refractivity contribution in [1.82, 2.24) is 0 Å². The van der Waals surface area contributed by atoms with E-state index in [1.807, 2.05) is 0 Å². The molecule has 6 rings (SSSR count). The molecule has 2 heterocycles. The normalized spacial score (nSPS) is 19.8. The van der Waals surface area contributed by atoms with Crippen LogP contribution >= 0.6 is 0 Å². The average molecular weight is 785 g/mol. The molecule has 4 aromatic carbocycles. The van der Waals surface area contributed by atoms with Gasteiger partial charge in [-0.1, -0.05) is 0 Å². The number of phenolic OH excluding ortho intramolecular Hbond substituents is 11. The number of carbonyl (C=O) groups is 4. The van der Waals surface area contributed by atoms with E-state index in [-0.39, 0.29) is 0 Å². The third-order valence-electron chi connectivity index (χ3n) is 8.64. The van der Waals surface area contributed by atoms with Crippen LogP contribution in [0.25, 0.3) is 0 Å². The van der Waals surface area contributed by atoms with Gasteiger partial charge in [-0.15, -0.1) is 0 Å². The monoisotopic (exact) mass is 784 g/mol. The number of hydrogen-bond acceptors (Lipinski definition) is 21. The summed E-state index contributed by atoms with van der Waals surface area (Å²) in [4.78, 5) is 53.7. The molecule has 0 saturated carbocycles. The van der Waals surface area contributed by atoms with Gasteiger partial charge in [0.05, 0.1) is 29.4 Å². The van der Waals surface area contributed by atoms with Crippen LogP contribution in [0.15, 0.2) is 42.5 Å². The van der Waals surface area contributed by atoms with Gasteiger partial charge in [0.2, 0.25) is 5.75 Å². The molecule has 4 aromatic rings. The number of methoxy groups -OCH3 is 1. The molecule has 0 aliphatic carbocycles. The summed E-state index contributed by atoms with van der Waals surface area (Å²) < 4.78 is 33.3. The number of carbonyl (C=O) groups excluding carboxylic acids is 4. The highest BCUT2D eigenvalue weighted by Gasteiger charge is 2.57. The van der Waals surface area contributed by atoms with E-state index in [1.165, 1.54) is 0 Å². The van der Waals surface area contributed by atoms with Gasteiger partial charge in [0, 0.05) is 5.56 Å². The Kier molecular flexibility index (Phi) is 9.70. The fraction of sp³-hybridized carbons (Fsp3) is 0.200. The molecule has 21 heteroatoms. The van der Waals surface area contributed by atoms with Crippen molar-refractivity contribution in [2.24, 2.45) is 0 Å². The molecule has 2 aliphatic rings. The van der Waals surface area contributed by atoms with Crippen molar-refractivity contribution < 1.29 is 104 Å². The summed E-state index contributed by atoms with van der Waals surface area (Å²) in [5, 5.41) is 111. The standard InChI is InChI=1S/C35H28O21/c1-51-27-20(42)8-13-22(26(27)46)29-31(56-35(13)50)30(55-34(49)12-6-18(40)25(45)19(41)7-12)28(54-33(48)11-4-16(38)24(44)17(39)5-11)21(53-29)9-52-32(47)10-2-14(36)23(43)15(37)3-10/h2-8,21,28-31,36-46H,9H2,1H3/t21-,28+,29+,30-,31+/m1/s1. The lowest BCUT2D eigenvalue weighted by Crippen LogP contribution is -2.61. The molecule has 0 radical (unpaired) electrons. The van der Waals surface area contributed by atoms with Crippen LogP contribution in [0.2, 0.25) is 0 Å². The van der Waals surface area contributed by atoms with Gasteiger partial charge in [0.1, 0.15) is 18.8 Å². The number of hydrogen-bond donors (Lipinski definition) is 11. The van der Waals surface area contributed by atoms with E-state index in [4.69, 9.17) is 28.4 Å². The highest BCUT2D eigenvalue weighted by atomic mass is 16.7. The second-order valence-corrected chi connectivity index (χ2v) is 12.1. The molecular formula is C35H28O21. The number of benzene rings is 4. The Morgan fingerprint density at radius 1 is 0.589 bits per heavy atom. The van der Waals surface area contributed by atoms with Gasteiger partial charge in [-0.05, 0) is 42.5 Å². The van der Waals surface area contributed by atoms with Crippen molar-refractivity contribution in [2.45, 2.75) is 30.5 Å². The van der Waals surface area contributed by atoms with Gasteiger partial charge in [0.25, 0.3) is 0 Å². The molecule has 1 saturated heterocycles. The maximum Gasteiger partial charge on any atom is 0.339 e. The Balaban J connectivity index is 1.48. The number of esters is 4. The molecule has 0 unspecified atom stereocenters. The Hall–Kier alpha value is -7.68. The Labute approximate surface area is 311 Å². The zero-order valence-corrected chi connectivity index (χ0v) is 28.1. The van der Waals surface area contributed by atoms with E-state index in [2.05, 4.69) is 0 Å². The summed E-state index contributed by atoms with van der Waals surface area (Å²) in [6.07, 6.45) is -9.64. The summed E-state index contributed by atoms with van der Waals surface area (Å²) in [5.41, 5.74) is -2.71. The van der Waals surface area contributed by atoms with Crippen LogP contribution in [-0.2, 0) is 23.7 Å². The first-order valence-corrected chi connectivity index (χ1v) is 15.7. The largest absolute Gasteiger partial charge is 0.504 e. The van der Waals surface area contributed by atoms with Gasteiger partial charge in [-0.2, -0.15) is 0 Å². The van der Waals surface area contributed by atoms with Crippen LogP contribution < -0.4 is 4.74 Å². The average Bonchev–Trinajstić information content (AvgIpc) is 3.14. The smallest absolute Gasteiger partial charge is 0.339 e. The molecule has 0 spiro atoms. The number of aromatic hydroxyl groups is 11. The zero-order chi connectivity index (χ0) is 40.9. The lowest BCUT2D eigenvalue weighted by atomic mass is 9.85. The maximum atomic E-state index is 13.6. The number of fused-ring (bicyclic) bond motifs is 3. The first-order valence-electron chi connectivity index (χ1n) is 15.7. The fourth-order valence-electron chi connectivity index (χ4n) is 5.97. The van der Waals surface area contributed by atoms with Crippen molar-refractivity contribution in [2.75, 3.05) is 13.7 Å². The minimum absolute atomic E-state index is 0.426. The summed E-state index contributed by atoms with van der Waals surface area (Å²) in [6.45, 7) is -0.997.